The molecule has 2 rings (SSSR count). The van der Waals surface area contributed by atoms with E-state index in [2.05, 4.69) is 64.1 Å². The van der Waals surface area contributed by atoms with Crippen LogP contribution in [-0.4, -0.2) is 53.6 Å². The predicted molar refractivity (Wildman–Crippen MR) is 121 cm³/mol. The molecule has 0 unspecified atom stereocenters. The standard InChI is InChI=1S/C22H32N2O2Se2/c1-21(2,13-23)17-11-15(25-5)7-9-19(17)27-28-20-10-8-16(26-6)12-18(20)22(3,4)14-24/h7-12H,13-14,23-24H2,1-6H3. The zero-order valence-corrected chi connectivity index (χ0v) is 21.1. The van der Waals surface area contributed by atoms with Gasteiger partial charge in [-0.25, -0.2) is 0 Å². The first-order valence-corrected chi connectivity index (χ1v) is 15.3. The molecule has 0 amide bonds. The molecule has 0 aliphatic heterocycles. The number of ether oxygens (including phenoxy) is 2. The van der Waals surface area contributed by atoms with Crippen molar-refractivity contribution in [1.82, 2.24) is 0 Å². The molecule has 0 atom stereocenters. The van der Waals surface area contributed by atoms with Gasteiger partial charge in [-0.15, -0.1) is 0 Å². The van der Waals surface area contributed by atoms with Crippen molar-refractivity contribution in [2.75, 3.05) is 27.3 Å². The SMILES string of the molecule is COc1ccc([Se][Se]c2ccc(OC)cc2C(C)(C)CN)c(C(C)(C)CN)c1. The Morgan fingerprint density at radius 2 is 1.07 bits per heavy atom. The topological polar surface area (TPSA) is 70.5 Å². The molecule has 2 aromatic rings. The quantitative estimate of drug-likeness (QED) is 0.498. The number of hydrogen-bond donors (Lipinski definition) is 2. The summed E-state index contributed by atoms with van der Waals surface area (Å²) in [7, 11) is 3.42. The molecular weight excluding hydrogens is 482 g/mol. The molecule has 4 nitrogen and oxygen atoms in total. The minimum atomic E-state index is -0.0824. The number of methoxy groups -OCH3 is 2. The molecule has 6 heteroatoms. The fourth-order valence-electron chi connectivity index (χ4n) is 2.78. The summed E-state index contributed by atoms with van der Waals surface area (Å²) in [4.78, 5) is 0. The van der Waals surface area contributed by atoms with E-state index in [4.69, 9.17) is 20.9 Å². The number of hydrogen-bond acceptors (Lipinski definition) is 4. The molecule has 154 valence electrons. The Labute approximate surface area is 180 Å². The summed E-state index contributed by atoms with van der Waals surface area (Å²) in [5.41, 5.74) is 14.6. The van der Waals surface area contributed by atoms with Crippen molar-refractivity contribution in [2.24, 2.45) is 11.5 Å². The summed E-state index contributed by atoms with van der Waals surface area (Å²) in [6, 6.07) is 12.8. The third kappa shape index (κ3) is 5.32. The van der Waals surface area contributed by atoms with Gasteiger partial charge in [-0.2, -0.15) is 0 Å². The molecule has 0 aliphatic carbocycles. The van der Waals surface area contributed by atoms with Gasteiger partial charge in [0.1, 0.15) is 0 Å². The molecule has 0 heterocycles. The van der Waals surface area contributed by atoms with Gasteiger partial charge in [-0.3, -0.25) is 0 Å². The Hall–Kier alpha value is -1.00. The molecule has 4 N–H and O–H groups in total. The van der Waals surface area contributed by atoms with E-state index in [9.17, 15) is 0 Å². The van der Waals surface area contributed by atoms with Crippen molar-refractivity contribution in [2.45, 2.75) is 38.5 Å². The molecule has 28 heavy (non-hydrogen) atoms. The van der Waals surface area contributed by atoms with Gasteiger partial charge in [0, 0.05) is 0 Å². The summed E-state index contributed by atoms with van der Waals surface area (Å²) >= 11 is 0.657. The Morgan fingerprint density at radius 3 is 1.36 bits per heavy atom. The second-order valence-corrected chi connectivity index (χ2v) is 14.2. The zero-order valence-electron chi connectivity index (χ0n) is 17.7. The summed E-state index contributed by atoms with van der Waals surface area (Å²) < 4.78 is 13.7. The monoisotopic (exact) mass is 516 g/mol. The Kier molecular flexibility index (Phi) is 8.04. The second-order valence-electron chi connectivity index (χ2n) is 8.07. The third-order valence-corrected chi connectivity index (χ3v) is 12.3. The summed E-state index contributed by atoms with van der Waals surface area (Å²) in [5, 5.41) is 0. The zero-order chi connectivity index (χ0) is 20.9. The average Bonchev–Trinajstić information content (AvgIpc) is 2.71. The van der Waals surface area contributed by atoms with Gasteiger partial charge in [-0.05, 0) is 0 Å². The molecule has 0 saturated carbocycles. The van der Waals surface area contributed by atoms with Crippen molar-refractivity contribution in [1.29, 1.82) is 0 Å². The Morgan fingerprint density at radius 1 is 0.714 bits per heavy atom. The fourth-order valence-corrected chi connectivity index (χ4v) is 10.6. The van der Waals surface area contributed by atoms with E-state index in [0.717, 1.165) is 11.5 Å². The minimum absolute atomic E-state index is 0.0824. The van der Waals surface area contributed by atoms with Gasteiger partial charge in [0.05, 0.1) is 0 Å². The molecule has 0 aliphatic rings. The Balaban J connectivity index is 2.39. The van der Waals surface area contributed by atoms with Gasteiger partial charge in [0.15, 0.2) is 0 Å². The average molecular weight is 514 g/mol. The van der Waals surface area contributed by atoms with Crippen molar-refractivity contribution in [3.8, 4) is 11.5 Å². The van der Waals surface area contributed by atoms with Crippen molar-refractivity contribution < 1.29 is 9.47 Å². The van der Waals surface area contributed by atoms with Crippen molar-refractivity contribution in [3.63, 3.8) is 0 Å². The van der Waals surface area contributed by atoms with Crippen LogP contribution in [-0.2, 0) is 10.8 Å². The fraction of sp³-hybridized carbons (Fsp3) is 0.455. The molecule has 0 bridgehead atoms. The van der Waals surface area contributed by atoms with Gasteiger partial charge in [-0.1, -0.05) is 0 Å². The predicted octanol–water partition coefficient (Wildman–Crippen LogP) is 1.45. The summed E-state index contributed by atoms with van der Waals surface area (Å²) in [6.07, 6.45) is 0. The van der Waals surface area contributed by atoms with Crippen LogP contribution in [0.1, 0.15) is 38.8 Å². The van der Waals surface area contributed by atoms with Gasteiger partial charge < -0.3 is 0 Å². The van der Waals surface area contributed by atoms with E-state index in [1.54, 1.807) is 14.2 Å². The summed E-state index contributed by atoms with van der Waals surface area (Å²) in [5.74, 6) is 1.77. The first kappa shape index (κ1) is 23.3. The van der Waals surface area contributed by atoms with Crippen molar-refractivity contribution >= 4 is 35.2 Å². The van der Waals surface area contributed by atoms with Crippen LogP contribution < -0.4 is 29.9 Å². The molecule has 0 saturated heterocycles. The van der Waals surface area contributed by atoms with Crippen LogP contribution in [0.3, 0.4) is 0 Å². The Bertz CT molecular complexity index is 740. The van der Waals surface area contributed by atoms with Crippen molar-refractivity contribution in [3.05, 3.63) is 47.5 Å². The molecular formula is C22H32N2O2Se2. The first-order valence-electron chi connectivity index (χ1n) is 9.30. The second kappa shape index (κ2) is 9.67. The summed E-state index contributed by atoms with van der Waals surface area (Å²) in [6.45, 7) is 10.00. The number of nitrogens with two attached hydrogens (primary N) is 2. The maximum atomic E-state index is 6.08. The van der Waals surface area contributed by atoms with E-state index in [-0.39, 0.29) is 10.8 Å². The van der Waals surface area contributed by atoms with Crippen LogP contribution in [0.15, 0.2) is 36.4 Å². The maximum absolute atomic E-state index is 6.08. The number of benzene rings is 2. The van der Waals surface area contributed by atoms with E-state index in [1.165, 1.54) is 20.1 Å². The van der Waals surface area contributed by atoms with Crippen LogP contribution in [0.2, 0.25) is 0 Å². The van der Waals surface area contributed by atoms with Gasteiger partial charge in [0.25, 0.3) is 0 Å². The normalized spacial score (nSPS) is 12.1. The molecule has 0 spiro atoms. The third-order valence-electron chi connectivity index (χ3n) is 5.07. The molecule has 0 fully saturated rings. The van der Waals surface area contributed by atoms with Gasteiger partial charge in [0.2, 0.25) is 0 Å². The number of rotatable bonds is 9. The van der Waals surface area contributed by atoms with Crippen LogP contribution in [0.4, 0.5) is 0 Å². The van der Waals surface area contributed by atoms with Crippen LogP contribution in [0, 0.1) is 0 Å². The van der Waals surface area contributed by atoms with E-state index in [0.29, 0.717) is 39.4 Å². The van der Waals surface area contributed by atoms with Crippen LogP contribution in [0.5, 0.6) is 11.5 Å². The molecule has 0 radical (unpaired) electrons. The molecule has 2 aromatic carbocycles. The van der Waals surface area contributed by atoms with Crippen LogP contribution in [0.25, 0.3) is 0 Å². The molecule has 0 aromatic heterocycles. The van der Waals surface area contributed by atoms with E-state index < -0.39 is 0 Å². The van der Waals surface area contributed by atoms with Crippen LogP contribution >= 0.6 is 0 Å². The first-order chi connectivity index (χ1) is 13.2. The van der Waals surface area contributed by atoms with E-state index >= 15 is 0 Å². The van der Waals surface area contributed by atoms with E-state index in [1.807, 2.05) is 0 Å². The van der Waals surface area contributed by atoms with Gasteiger partial charge >= 0.3 is 181 Å².